The molecule has 242 valence electrons. The molecule has 0 aromatic carbocycles. The van der Waals surface area contributed by atoms with Gasteiger partial charge in [-0.25, -0.2) is 8.37 Å². The smallest absolute Gasteiger partial charge is 0.247 e. The van der Waals surface area contributed by atoms with E-state index in [2.05, 4.69) is 33.4 Å². The number of rotatable bonds is 33. The Bertz CT molecular complexity index is 675. The van der Waals surface area contributed by atoms with Gasteiger partial charge in [-0.1, -0.05) is 129 Å². The van der Waals surface area contributed by atoms with Gasteiger partial charge in [0.15, 0.2) is 0 Å². The largest absolute Gasteiger partial charge is 0.416 e. The Labute approximate surface area is 246 Å². The Hall–Kier alpha value is -0.340. The summed E-state index contributed by atoms with van der Waals surface area (Å²) >= 11 is 0. The standard InChI is InChI=1S/C28H60N2O8S2/c1-3-5-7-9-11-15-19-23-27-35-39(31,32)37-29-25-21-17-13-14-18-22-26-30-38-40(33,34)36-28-24-20-16-12-10-8-6-4-2/h29-30H,3-28H2,1-2H3. The highest BCUT2D eigenvalue weighted by atomic mass is 32.3. The van der Waals surface area contributed by atoms with Crippen molar-refractivity contribution in [3.63, 3.8) is 0 Å². The maximum atomic E-state index is 11.7. The minimum absolute atomic E-state index is 0.150. The van der Waals surface area contributed by atoms with Crippen LogP contribution < -0.4 is 11.0 Å². The molecule has 0 aromatic heterocycles. The average Bonchev–Trinajstić information content (AvgIpc) is 2.91. The van der Waals surface area contributed by atoms with Crippen molar-refractivity contribution in [3.8, 4) is 0 Å². The first-order valence-electron chi connectivity index (χ1n) is 15.9. The van der Waals surface area contributed by atoms with Gasteiger partial charge in [-0.15, -0.1) is 0 Å². The molecule has 0 aliphatic rings. The maximum Gasteiger partial charge on any atom is 0.416 e. The highest BCUT2D eigenvalue weighted by molar-refractivity contribution is 7.82. The summed E-state index contributed by atoms with van der Waals surface area (Å²) in [6.07, 6.45) is 23.4. The fourth-order valence-electron chi connectivity index (χ4n) is 4.17. The molecule has 0 heterocycles. The van der Waals surface area contributed by atoms with Gasteiger partial charge < -0.3 is 0 Å². The molecule has 0 radical (unpaired) electrons. The van der Waals surface area contributed by atoms with Gasteiger partial charge in [-0.2, -0.15) is 36.4 Å². The van der Waals surface area contributed by atoms with Gasteiger partial charge >= 0.3 is 20.8 Å². The van der Waals surface area contributed by atoms with E-state index in [1.165, 1.54) is 64.2 Å². The molecule has 0 rings (SSSR count). The predicted molar refractivity (Wildman–Crippen MR) is 161 cm³/mol. The monoisotopic (exact) mass is 616 g/mol. The molecule has 12 heteroatoms. The Morgan fingerprint density at radius 3 is 1.00 bits per heavy atom. The molecule has 10 nitrogen and oxygen atoms in total. The highest BCUT2D eigenvalue weighted by Crippen LogP contribution is 2.10. The molecular formula is C28H60N2O8S2. The zero-order chi connectivity index (χ0) is 29.6. The third-order valence-electron chi connectivity index (χ3n) is 6.58. The molecule has 0 aliphatic heterocycles. The van der Waals surface area contributed by atoms with E-state index in [-0.39, 0.29) is 13.2 Å². The second-order valence-corrected chi connectivity index (χ2v) is 12.9. The van der Waals surface area contributed by atoms with Crippen molar-refractivity contribution in [1.29, 1.82) is 0 Å². The van der Waals surface area contributed by atoms with Crippen molar-refractivity contribution in [1.82, 2.24) is 11.0 Å². The second-order valence-electron chi connectivity index (χ2n) is 10.5. The fourth-order valence-corrected chi connectivity index (χ4v) is 5.37. The lowest BCUT2D eigenvalue weighted by atomic mass is 10.1. The van der Waals surface area contributed by atoms with Gasteiger partial charge in [0.25, 0.3) is 0 Å². The van der Waals surface area contributed by atoms with E-state index in [1.807, 2.05) is 0 Å². The van der Waals surface area contributed by atoms with Gasteiger partial charge in [0, 0.05) is 13.1 Å². The Morgan fingerprint density at radius 1 is 0.400 bits per heavy atom. The van der Waals surface area contributed by atoms with Crippen LogP contribution in [0.4, 0.5) is 0 Å². The summed E-state index contributed by atoms with van der Waals surface area (Å²) in [5.74, 6) is 0. The molecule has 0 saturated carbocycles. The van der Waals surface area contributed by atoms with Crippen LogP contribution in [0.15, 0.2) is 0 Å². The van der Waals surface area contributed by atoms with Crippen LogP contribution in [0.3, 0.4) is 0 Å². The minimum atomic E-state index is -4.00. The molecular weight excluding hydrogens is 556 g/mol. The molecule has 0 atom stereocenters. The van der Waals surface area contributed by atoms with Crippen LogP contribution in [0.1, 0.15) is 155 Å². The SMILES string of the molecule is CCCCCCCCCCOS(=O)(=O)ONCCCCCCCCNOS(=O)(=O)OCCCCCCCCCC. The van der Waals surface area contributed by atoms with Crippen LogP contribution in [0, 0.1) is 0 Å². The summed E-state index contributed by atoms with van der Waals surface area (Å²) in [6.45, 7) is 5.54. The zero-order valence-corrected chi connectivity index (χ0v) is 27.1. The summed E-state index contributed by atoms with van der Waals surface area (Å²) < 4.78 is 65.9. The van der Waals surface area contributed by atoms with Crippen LogP contribution in [0.2, 0.25) is 0 Å². The third-order valence-corrected chi connectivity index (χ3v) is 8.14. The first-order valence-corrected chi connectivity index (χ1v) is 18.6. The lowest BCUT2D eigenvalue weighted by molar-refractivity contribution is 0.145. The van der Waals surface area contributed by atoms with Crippen molar-refractivity contribution in [2.75, 3.05) is 26.3 Å². The van der Waals surface area contributed by atoms with E-state index in [4.69, 9.17) is 8.37 Å². The van der Waals surface area contributed by atoms with Crippen molar-refractivity contribution >= 4 is 20.8 Å². The number of hydroxylamine groups is 2. The molecule has 2 N–H and O–H groups in total. The summed E-state index contributed by atoms with van der Waals surface area (Å²) in [4.78, 5) is 0. The van der Waals surface area contributed by atoms with Gasteiger partial charge in [-0.3, -0.25) is 0 Å². The van der Waals surface area contributed by atoms with Gasteiger partial charge in [0.05, 0.1) is 13.2 Å². The molecule has 0 unspecified atom stereocenters. The average molecular weight is 617 g/mol. The van der Waals surface area contributed by atoms with E-state index in [9.17, 15) is 16.8 Å². The molecule has 0 spiro atoms. The van der Waals surface area contributed by atoms with Crippen LogP contribution in [0.25, 0.3) is 0 Å². The normalized spacial score (nSPS) is 12.3. The molecule has 0 fully saturated rings. The lowest BCUT2D eigenvalue weighted by Crippen LogP contribution is -2.23. The van der Waals surface area contributed by atoms with E-state index in [0.717, 1.165) is 64.2 Å². The van der Waals surface area contributed by atoms with E-state index < -0.39 is 20.8 Å². The first-order chi connectivity index (χ1) is 19.3. The Kier molecular flexibility index (Phi) is 28.5. The van der Waals surface area contributed by atoms with Crippen LogP contribution in [-0.2, 0) is 37.7 Å². The fraction of sp³-hybridized carbons (Fsp3) is 1.00. The number of hydrogen-bond donors (Lipinski definition) is 2. The third kappa shape index (κ3) is 30.6. The van der Waals surface area contributed by atoms with Crippen molar-refractivity contribution in [2.45, 2.75) is 155 Å². The number of hydrogen-bond acceptors (Lipinski definition) is 10. The number of unbranched alkanes of at least 4 members (excludes halogenated alkanes) is 19. The zero-order valence-electron chi connectivity index (χ0n) is 25.5. The van der Waals surface area contributed by atoms with Gasteiger partial charge in [-0.05, 0) is 25.7 Å². The molecule has 0 aliphatic carbocycles. The summed E-state index contributed by atoms with van der Waals surface area (Å²) in [5.41, 5.74) is 4.93. The second kappa shape index (κ2) is 28.8. The maximum absolute atomic E-state index is 11.7. The van der Waals surface area contributed by atoms with E-state index >= 15 is 0 Å². The van der Waals surface area contributed by atoms with Crippen LogP contribution in [-0.4, -0.2) is 43.1 Å². The van der Waals surface area contributed by atoms with Crippen molar-refractivity contribution < 1.29 is 33.8 Å². The summed E-state index contributed by atoms with van der Waals surface area (Å²) in [6, 6.07) is 0. The summed E-state index contributed by atoms with van der Waals surface area (Å²) in [5, 5.41) is 0. The van der Waals surface area contributed by atoms with Crippen molar-refractivity contribution in [2.24, 2.45) is 0 Å². The van der Waals surface area contributed by atoms with Gasteiger partial charge in [0.1, 0.15) is 0 Å². The first kappa shape index (κ1) is 39.7. The van der Waals surface area contributed by atoms with Crippen molar-refractivity contribution in [3.05, 3.63) is 0 Å². The Balaban J connectivity index is 3.45. The predicted octanol–water partition coefficient (Wildman–Crippen LogP) is 7.17. The Morgan fingerprint density at radius 2 is 0.675 bits per heavy atom. The summed E-state index contributed by atoms with van der Waals surface area (Å²) in [7, 11) is -8.00. The molecule has 40 heavy (non-hydrogen) atoms. The minimum Gasteiger partial charge on any atom is -0.247 e. The van der Waals surface area contributed by atoms with E-state index in [0.29, 0.717) is 25.9 Å². The van der Waals surface area contributed by atoms with E-state index in [1.54, 1.807) is 0 Å². The molecule has 0 amide bonds. The quantitative estimate of drug-likeness (QED) is 0.0578. The molecule has 0 aromatic rings. The molecule has 0 saturated heterocycles. The van der Waals surface area contributed by atoms with Crippen LogP contribution in [0.5, 0.6) is 0 Å². The lowest BCUT2D eigenvalue weighted by Gasteiger charge is -2.08. The topological polar surface area (TPSA) is 129 Å². The highest BCUT2D eigenvalue weighted by Gasteiger charge is 2.12. The van der Waals surface area contributed by atoms with Gasteiger partial charge in [0.2, 0.25) is 0 Å². The molecule has 0 bridgehead atoms. The number of nitrogens with one attached hydrogen (secondary N) is 2. The van der Waals surface area contributed by atoms with Crippen LogP contribution >= 0.6 is 0 Å².